The molecule has 0 aromatic heterocycles. The number of carbonyl (C=O) groups is 2. The standard InChI is InChI=1S/C17H32N4O2.ClH/c1-13(2)10-19-17(23)20-7-4-5-15(12-20)9-16(22)21-8-6-18-11-14(21)3;/h13-15,18H,4-12H2,1-3H3,(H,19,23);1H. The smallest absolute Gasteiger partial charge is 0.317 e. The van der Waals surface area contributed by atoms with Crippen molar-refractivity contribution in [3.05, 3.63) is 0 Å². The Balaban J connectivity index is 0.00000288. The summed E-state index contributed by atoms with van der Waals surface area (Å²) in [6, 6.07) is 0.289. The highest BCUT2D eigenvalue weighted by molar-refractivity contribution is 5.85. The van der Waals surface area contributed by atoms with Crippen LogP contribution in [0.1, 0.15) is 40.0 Å². The quantitative estimate of drug-likeness (QED) is 0.802. The van der Waals surface area contributed by atoms with E-state index in [9.17, 15) is 9.59 Å². The average molecular weight is 361 g/mol. The van der Waals surface area contributed by atoms with Crippen LogP contribution >= 0.6 is 12.4 Å². The van der Waals surface area contributed by atoms with Gasteiger partial charge in [-0.25, -0.2) is 4.79 Å². The van der Waals surface area contributed by atoms with Gasteiger partial charge in [-0.05, 0) is 31.6 Å². The molecule has 0 bridgehead atoms. The zero-order chi connectivity index (χ0) is 16.8. The van der Waals surface area contributed by atoms with Gasteiger partial charge in [-0.3, -0.25) is 4.79 Å². The number of likely N-dealkylation sites (tertiary alicyclic amines) is 1. The zero-order valence-corrected chi connectivity index (χ0v) is 16.0. The fourth-order valence-corrected chi connectivity index (χ4v) is 3.40. The summed E-state index contributed by atoms with van der Waals surface area (Å²) in [5, 5.41) is 6.29. The van der Waals surface area contributed by atoms with Crippen molar-refractivity contribution in [1.29, 1.82) is 0 Å². The van der Waals surface area contributed by atoms with Gasteiger partial charge >= 0.3 is 6.03 Å². The number of piperidine rings is 1. The molecule has 0 radical (unpaired) electrons. The van der Waals surface area contributed by atoms with Gasteiger partial charge in [0.1, 0.15) is 0 Å². The van der Waals surface area contributed by atoms with Crippen molar-refractivity contribution in [3.63, 3.8) is 0 Å². The molecule has 2 heterocycles. The fourth-order valence-electron chi connectivity index (χ4n) is 3.40. The number of hydrogen-bond donors (Lipinski definition) is 2. The maximum absolute atomic E-state index is 12.5. The monoisotopic (exact) mass is 360 g/mol. The van der Waals surface area contributed by atoms with Crippen LogP contribution in [0.15, 0.2) is 0 Å². The second-order valence-corrected chi connectivity index (χ2v) is 7.38. The maximum Gasteiger partial charge on any atom is 0.317 e. The van der Waals surface area contributed by atoms with E-state index in [4.69, 9.17) is 0 Å². The minimum absolute atomic E-state index is 0. The molecule has 0 aliphatic carbocycles. The number of rotatable bonds is 4. The van der Waals surface area contributed by atoms with Gasteiger partial charge in [-0.1, -0.05) is 13.8 Å². The van der Waals surface area contributed by atoms with Crippen molar-refractivity contribution in [2.24, 2.45) is 11.8 Å². The molecular weight excluding hydrogens is 328 g/mol. The second kappa shape index (κ2) is 10.1. The number of nitrogens with one attached hydrogen (secondary N) is 2. The predicted molar refractivity (Wildman–Crippen MR) is 98.4 cm³/mol. The van der Waals surface area contributed by atoms with Crippen LogP contribution in [-0.4, -0.2) is 67.0 Å². The molecule has 2 aliphatic heterocycles. The van der Waals surface area contributed by atoms with Crippen LogP contribution in [0.5, 0.6) is 0 Å². The largest absolute Gasteiger partial charge is 0.338 e. The molecule has 0 aromatic carbocycles. The summed E-state index contributed by atoms with van der Waals surface area (Å²) in [6.45, 7) is 11.0. The number of amides is 3. The number of hydrogen-bond acceptors (Lipinski definition) is 3. The Kier molecular flexibility index (Phi) is 8.84. The second-order valence-electron chi connectivity index (χ2n) is 7.38. The molecule has 2 atom stereocenters. The lowest BCUT2D eigenvalue weighted by Gasteiger charge is -2.37. The number of piperazine rings is 1. The van der Waals surface area contributed by atoms with Crippen LogP contribution in [0, 0.1) is 11.8 Å². The number of nitrogens with zero attached hydrogens (tertiary/aromatic N) is 2. The highest BCUT2D eigenvalue weighted by Crippen LogP contribution is 2.21. The Hall–Kier alpha value is -1.01. The molecule has 2 fully saturated rings. The molecule has 24 heavy (non-hydrogen) atoms. The van der Waals surface area contributed by atoms with E-state index in [1.54, 1.807) is 0 Å². The minimum atomic E-state index is 0. The minimum Gasteiger partial charge on any atom is -0.338 e. The number of urea groups is 1. The van der Waals surface area contributed by atoms with Gasteiger partial charge in [0.15, 0.2) is 0 Å². The van der Waals surface area contributed by atoms with Gasteiger partial charge in [0.2, 0.25) is 5.91 Å². The van der Waals surface area contributed by atoms with E-state index in [1.807, 2.05) is 9.80 Å². The first kappa shape index (κ1) is 21.0. The summed E-state index contributed by atoms with van der Waals surface area (Å²) >= 11 is 0. The van der Waals surface area contributed by atoms with Crippen molar-refractivity contribution in [2.75, 3.05) is 39.3 Å². The van der Waals surface area contributed by atoms with Crippen molar-refractivity contribution >= 4 is 24.3 Å². The Bertz CT molecular complexity index is 419. The first-order valence-corrected chi connectivity index (χ1v) is 9.00. The lowest BCUT2D eigenvalue weighted by atomic mass is 9.94. The van der Waals surface area contributed by atoms with Crippen molar-refractivity contribution in [2.45, 2.75) is 46.1 Å². The normalized spacial score (nSPS) is 24.5. The third-order valence-corrected chi connectivity index (χ3v) is 4.75. The molecule has 7 heteroatoms. The third kappa shape index (κ3) is 6.13. The summed E-state index contributed by atoms with van der Waals surface area (Å²) in [5.41, 5.74) is 0. The van der Waals surface area contributed by atoms with Gasteiger partial charge in [0, 0.05) is 51.7 Å². The van der Waals surface area contributed by atoms with Crippen LogP contribution < -0.4 is 10.6 Å². The SMILES string of the molecule is CC(C)CNC(=O)N1CCCC(CC(=O)N2CCNCC2C)C1.Cl. The molecule has 2 unspecified atom stereocenters. The van der Waals surface area contributed by atoms with Gasteiger partial charge in [0.25, 0.3) is 0 Å². The molecule has 3 amide bonds. The number of halogens is 1. The highest BCUT2D eigenvalue weighted by atomic mass is 35.5. The van der Waals surface area contributed by atoms with Gasteiger partial charge in [-0.2, -0.15) is 0 Å². The van der Waals surface area contributed by atoms with Crippen LogP contribution in [0.4, 0.5) is 4.79 Å². The van der Waals surface area contributed by atoms with Gasteiger partial charge in [0.05, 0.1) is 0 Å². The molecule has 6 nitrogen and oxygen atoms in total. The fraction of sp³-hybridized carbons (Fsp3) is 0.882. The van der Waals surface area contributed by atoms with Gasteiger partial charge < -0.3 is 20.4 Å². The zero-order valence-electron chi connectivity index (χ0n) is 15.2. The molecule has 0 saturated carbocycles. The average Bonchev–Trinajstić information content (AvgIpc) is 2.53. The summed E-state index contributed by atoms with van der Waals surface area (Å²) in [6.07, 6.45) is 2.60. The number of carbonyl (C=O) groups excluding carboxylic acids is 2. The molecule has 140 valence electrons. The van der Waals surface area contributed by atoms with Crippen molar-refractivity contribution in [3.8, 4) is 0 Å². The van der Waals surface area contributed by atoms with E-state index in [0.717, 1.165) is 39.0 Å². The molecule has 2 aliphatic rings. The van der Waals surface area contributed by atoms with Crippen LogP contribution in [-0.2, 0) is 4.79 Å². The molecule has 2 saturated heterocycles. The summed E-state index contributed by atoms with van der Waals surface area (Å²) in [4.78, 5) is 28.6. The Labute approximate surface area is 152 Å². The first-order valence-electron chi connectivity index (χ1n) is 9.00. The highest BCUT2D eigenvalue weighted by Gasteiger charge is 2.29. The van der Waals surface area contributed by atoms with E-state index < -0.39 is 0 Å². The third-order valence-electron chi connectivity index (χ3n) is 4.75. The first-order chi connectivity index (χ1) is 11.0. The van der Waals surface area contributed by atoms with E-state index in [0.29, 0.717) is 31.3 Å². The Morgan fingerprint density at radius 2 is 2.04 bits per heavy atom. The molecule has 2 N–H and O–H groups in total. The van der Waals surface area contributed by atoms with Gasteiger partial charge in [-0.15, -0.1) is 12.4 Å². The lowest BCUT2D eigenvalue weighted by molar-refractivity contribution is -0.135. The van der Waals surface area contributed by atoms with Crippen LogP contribution in [0.2, 0.25) is 0 Å². The maximum atomic E-state index is 12.5. The molecule has 0 aromatic rings. The van der Waals surface area contributed by atoms with E-state index in [-0.39, 0.29) is 30.4 Å². The predicted octanol–water partition coefficient (Wildman–Crippen LogP) is 1.70. The Morgan fingerprint density at radius 1 is 1.29 bits per heavy atom. The van der Waals surface area contributed by atoms with Crippen LogP contribution in [0.3, 0.4) is 0 Å². The topological polar surface area (TPSA) is 64.7 Å². The Morgan fingerprint density at radius 3 is 2.71 bits per heavy atom. The van der Waals surface area contributed by atoms with Crippen LogP contribution in [0.25, 0.3) is 0 Å². The van der Waals surface area contributed by atoms with Crippen molar-refractivity contribution < 1.29 is 9.59 Å². The summed E-state index contributed by atoms with van der Waals surface area (Å²) in [5.74, 6) is 0.992. The van der Waals surface area contributed by atoms with E-state index >= 15 is 0 Å². The molecule has 0 spiro atoms. The van der Waals surface area contributed by atoms with E-state index in [2.05, 4.69) is 31.4 Å². The lowest BCUT2D eigenvalue weighted by Crippen LogP contribution is -2.53. The summed E-state index contributed by atoms with van der Waals surface area (Å²) < 4.78 is 0. The summed E-state index contributed by atoms with van der Waals surface area (Å²) in [7, 11) is 0. The van der Waals surface area contributed by atoms with Crippen molar-refractivity contribution in [1.82, 2.24) is 20.4 Å². The van der Waals surface area contributed by atoms with E-state index in [1.165, 1.54) is 0 Å². The molecule has 2 rings (SSSR count). The molecular formula is C17H33ClN4O2.